The molecular formula is C22H27FN4O4S. The number of carbonyl (C=O) groups is 2. The predicted octanol–water partition coefficient (Wildman–Crippen LogP) is 2.37. The largest absolute Gasteiger partial charge is 0.336 e. The summed E-state index contributed by atoms with van der Waals surface area (Å²) >= 11 is 0. The zero-order chi connectivity index (χ0) is 23.1. The number of benzene rings is 2. The summed E-state index contributed by atoms with van der Waals surface area (Å²) in [5.41, 5.74) is 1.30. The second-order valence-electron chi connectivity index (χ2n) is 7.63. The van der Waals surface area contributed by atoms with Crippen LogP contribution in [0.4, 0.5) is 15.8 Å². The van der Waals surface area contributed by atoms with Gasteiger partial charge in [-0.2, -0.15) is 0 Å². The van der Waals surface area contributed by atoms with Crippen molar-refractivity contribution in [3.8, 4) is 0 Å². The van der Waals surface area contributed by atoms with Crippen LogP contribution in [0.5, 0.6) is 0 Å². The predicted molar refractivity (Wildman–Crippen MR) is 122 cm³/mol. The molecule has 2 aromatic carbocycles. The van der Waals surface area contributed by atoms with Crippen LogP contribution in [-0.4, -0.2) is 68.5 Å². The lowest BCUT2D eigenvalue weighted by Gasteiger charge is -2.34. The van der Waals surface area contributed by atoms with E-state index in [4.69, 9.17) is 0 Å². The highest BCUT2D eigenvalue weighted by atomic mass is 32.2. The monoisotopic (exact) mass is 462 g/mol. The number of piperazine rings is 1. The molecule has 0 unspecified atom stereocenters. The molecule has 32 heavy (non-hydrogen) atoms. The SMILES string of the molecule is CCCS(=O)(=O)Nc1cccc(C(=O)N2CCN(CC(=O)Nc3ccc(F)cc3)CC2)c1. The summed E-state index contributed by atoms with van der Waals surface area (Å²) in [5.74, 6) is -0.741. The quantitative estimate of drug-likeness (QED) is 0.628. The molecule has 1 aliphatic heterocycles. The van der Waals surface area contributed by atoms with E-state index in [0.717, 1.165) is 0 Å². The van der Waals surface area contributed by atoms with E-state index in [9.17, 15) is 22.4 Å². The molecule has 1 heterocycles. The van der Waals surface area contributed by atoms with Crippen LogP contribution in [0, 0.1) is 5.82 Å². The molecule has 0 aromatic heterocycles. The highest BCUT2D eigenvalue weighted by Crippen LogP contribution is 2.16. The fourth-order valence-corrected chi connectivity index (χ4v) is 4.57. The van der Waals surface area contributed by atoms with E-state index in [1.54, 1.807) is 30.0 Å². The molecule has 0 aliphatic carbocycles. The van der Waals surface area contributed by atoms with E-state index < -0.39 is 10.0 Å². The summed E-state index contributed by atoms with van der Waals surface area (Å²) in [6, 6.07) is 12.0. The Morgan fingerprint density at radius 3 is 2.34 bits per heavy atom. The fourth-order valence-electron chi connectivity index (χ4n) is 3.44. The standard InChI is InChI=1S/C22H27FN4O4S/c1-2-14-32(30,31)25-20-5-3-4-17(15-20)22(29)27-12-10-26(11-13-27)16-21(28)24-19-8-6-18(23)7-9-19/h3-9,15,25H,2,10-14,16H2,1H3,(H,24,28). The first-order valence-corrected chi connectivity index (χ1v) is 12.1. The van der Waals surface area contributed by atoms with Gasteiger partial charge in [-0.1, -0.05) is 13.0 Å². The minimum atomic E-state index is -3.43. The Kier molecular flexibility index (Phi) is 7.81. The van der Waals surface area contributed by atoms with Crippen molar-refractivity contribution in [2.24, 2.45) is 0 Å². The molecule has 0 saturated carbocycles. The summed E-state index contributed by atoms with van der Waals surface area (Å²) in [6.45, 7) is 3.93. The zero-order valence-corrected chi connectivity index (χ0v) is 18.7. The van der Waals surface area contributed by atoms with Gasteiger partial charge in [0.25, 0.3) is 5.91 Å². The number of sulfonamides is 1. The maximum absolute atomic E-state index is 13.0. The third-order valence-electron chi connectivity index (χ3n) is 5.01. The van der Waals surface area contributed by atoms with E-state index in [0.29, 0.717) is 49.5 Å². The lowest BCUT2D eigenvalue weighted by atomic mass is 10.1. The maximum atomic E-state index is 13.0. The van der Waals surface area contributed by atoms with Crippen molar-refractivity contribution < 1.29 is 22.4 Å². The maximum Gasteiger partial charge on any atom is 0.254 e. The van der Waals surface area contributed by atoms with Crippen LogP contribution in [0.25, 0.3) is 0 Å². The minimum absolute atomic E-state index is 0.0157. The summed E-state index contributed by atoms with van der Waals surface area (Å²) in [6.07, 6.45) is 0.500. The first kappa shape index (κ1) is 23.7. The molecule has 2 aromatic rings. The van der Waals surface area contributed by atoms with Crippen molar-refractivity contribution in [2.75, 3.05) is 48.5 Å². The Morgan fingerprint density at radius 2 is 1.69 bits per heavy atom. The van der Waals surface area contributed by atoms with Gasteiger partial charge in [-0.25, -0.2) is 12.8 Å². The smallest absolute Gasteiger partial charge is 0.254 e. The van der Waals surface area contributed by atoms with Gasteiger partial charge in [0, 0.05) is 43.1 Å². The second kappa shape index (κ2) is 10.6. The number of carbonyl (C=O) groups excluding carboxylic acids is 2. The Balaban J connectivity index is 1.51. The van der Waals surface area contributed by atoms with E-state index >= 15 is 0 Å². The third-order valence-corrected chi connectivity index (χ3v) is 6.50. The molecule has 0 bridgehead atoms. The van der Waals surface area contributed by atoms with Crippen molar-refractivity contribution in [2.45, 2.75) is 13.3 Å². The van der Waals surface area contributed by atoms with Gasteiger partial charge >= 0.3 is 0 Å². The third kappa shape index (κ3) is 6.76. The number of hydrogen-bond acceptors (Lipinski definition) is 5. The number of halogens is 1. The van der Waals surface area contributed by atoms with Crippen molar-refractivity contribution in [3.05, 3.63) is 59.9 Å². The van der Waals surface area contributed by atoms with E-state index in [1.165, 1.54) is 30.3 Å². The van der Waals surface area contributed by atoms with Crippen LogP contribution >= 0.6 is 0 Å². The number of nitrogens with one attached hydrogen (secondary N) is 2. The van der Waals surface area contributed by atoms with Crippen molar-refractivity contribution in [1.29, 1.82) is 0 Å². The van der Waals surface area contributed by atoms with Crippen LogP contribution < -0.4 is 10.0 Å². The van der Waals surface area contributed by atoms with E-state index in [-0.39, 0.29) is 29.9 Å². The molecule has 172 valence electrons. The number of nitrogens with zero attached hydrogens (tertiary/aromatic N) is 2. The molecule has 1 saturated heterocycles. The van der Waals surface area contributed by atoms with Crippen LogP contribution in [0.3, 0.4) is 0 Å². The van der Waals surface area contributed by atoms with Crippen molar-refractivity contribution in [1.82, 2.24) is 9.80 Å². The Hall–Kier alpha value is -2.98. The highest BCUT2D eigenvalue weighted by molar-refractivity contribution is 7.92. The van der Waals surface area contributed by atoms with Gasteiger partial charge in [0.05, 0.1) is 12.3 Å². The van der Waals surface area contributed by atoms with Gasteiger partial charge in [-0.3, -0.25) is 19.2 Å². The number of rotatable bonds is 8. The molecule has 1 fully saturated rings. The molecule has 8 nitrogen and oxygen atoms in total. The van der Waals surface area contributed by atoms with Crippen LogP contribution in [0.15, 0.2) is 48.5 Å². The zero-order valence-electron chi connectivity index (χ0n) is 17.9. The molecule has 1 aliphatic rings. The molecule has 10 heteroatoms. The van der Waals surface area contributed by atoms with Crippen LogP contribution in [-0.2, 0) is 14.8 Å². The lowest BCUT2D eigenvalue weighted by molar-refractivity contribution is -0.117. The lowest BCUT2D eigenvalue weighted by Crippen LogP contribution is -2.50. The number of anilines is 2. The average molecular weight is 463 g/mol. The first-order chi connectivity index (χ1) is 15.3. The summed E-state index contributed by atoms with van der Waals surface area (Å²) < 4.78 is 39.4. The second-order valence-corrected chi connectivity index (χ2v) is 9.47. The van der Waals surface area contributed by atoms with Crippen LogP contribution in [0.2, 0.25) is 0 Å². The Labute approximate surface area is 187 Å². The minimum Gasteiger partial charge on any atom is -0.336 e. The van der Waals surface area contributed by atoms with Crippen molar-refractivity contribution in [3.63, 3.8) is 0 Å². The first-order valence-electron chi connectivity index (χ1n) is 10.4. The fraction of sp³-hybridized carbons (Fsp3) is 0.364. The molecule has 0 radical (unpaired) electrons. The van der Waals surface area contributed by atoms with Gasteiger partial charge in [-0.15, -0.1) is 0 Å². The average Bonchev–Trinajstić information content (AvgIpc) is 2.75. The normalized spacial score (nSPS) is 14.8. The van der Waals surface area contributed by atoms with Gasteiger partial charge < -0.3 is 10.2 Å². The van der Waals surface area contributed by atoms with E-state index in [1.807, 2.05) is 4.90 Å². The summed E-state index contributed by atoms with van der Waals surface area (Å²) in [7, 11) is -3.43. The van der Waals surface area contributed by atoms with Gasteiger partial charge in [0.2, 0.25) is 15.9 Å². The molecule has 2 N–H and O–H groups in total. The number of amides is 2. The highest BCUT2D eigenvalue weighted by Gasteiger charge is 2.23. The molecular weight excluding hydrogens is 435 g/mol. The molecule has 0 atom stereocenters. The van der Waals surface area contributed by atoms with Gasteiger partial charge in [0.15, 0.2) is 0 Å². The number of hydrogen-bond donors (Lipinski definition) is 2. The summed E-state index contributed by atoms with van der Waals surface area (Å²) in [4.78, 5) is 28.7. The van der Waals surface area contributed by atoms with Crippen LogP contribution in [0.1, 0.15) is 23.7 Å². The van der Waals surface area contributed by atoms with Crippen molar-refractivity contribution >= 4 is 33.2 Å². The van der Waals surface area contributed by atoms with Gasteiger partial charge in [-0.05, 0) is 48.9 Å². The Bertz CT molecular complexity index is 1050. The van der Waals surface area contributed by atoms with Gasteiger partial charge in [0.1, 0.15) is 5.82 Å². The Morgan fingerprint density at radius 1 is 1.00 bits per heavy atom. The molecule has 2 amide bonds. The summed E-state index contributed by atoms with van der Waals surface area (Å²) in [5, 5.41) is 2.73. The topological polar surface area (TPSA) is 98.8 Å². The molecule has 0 spiro atoms. The van der Waals surface area contributed by atoms with E-state index in [2.05, 4.69) is 10.0 Å². The molecule has 3 rings (SSSR count).